The van der Waals surface area contributed by atoms with Crippen molar-refractivity contribution in [3.8, 4) is 0 Å². The molecule has 5 nitrogen and oxygen atoms in total. The highest BCUT2D eigenvalue weighted by Gasteiger charge is 1.95. The van der Waals surface area contributed by atoms with Crippen molar-refractivity contribution in [3.05, 3.63) is 36.5 Å². The predicted molar refractivity (Wildman–Crippen MR) is 123 cm³/mol. The summed E-state index contributed by atoms with van der Waals surface area (Å²) in [5.74, 6) is -0.677. The third-order valence-corrected chi connectivity index (χ3v) is 3.94. The summed E-state index contributed by atoms with van der Waals surface area (Å²) in [5, 5.41) is 19.2. The van der Waals surface area contributed by atoms with Crippen molar-refractivity contribution in [1.82, 2.24) is 5.32 Å². The van der Waals surface area contributed by atoms with E-state index in [-0.39, 0.29) is 6.61 Å². The van der Waals surface area contributed by atoms with E-state index < -0.39 is 5.97 Å². The standard InChI is InChI=1S/C18H30O2.C4H9NO.C2H6O/c1-2-3-4-5-6-7-8-9-10-11-12-13-14-15-16-17-18(19)20;1-3-6-4-2-5-1;1-2-3/h5-10H,2-4,11-17H2,1H3,(H,19,20);5H,1-4H2;3H,2H2,1H3. The molecule has 5 heteroatoms. The van der Waals surface area contributed by atoms with Gasteiger partial charge in [0.25, 0.3) is 0 Å². The molecule has 3 N–H and O–H groups in total. The van der Waals surface area contributed by atoms with E-state index in [1.54, 1.807) is 6.92 Å². The Morgan fingerprint density at radius 2 is 1.38 bits per heavy atom. The number of aliphatic hydroxyl groups is 1. The summed E-state index contributed by atoms with van der Waals surface area (Å²) in [5.41, 5.74) is 0. The molecular formula is C24H45NO4. The van der Waals surface area contributed by atoms with Gasteiger partial charge in [-0.3, -0.25) is 4.79 Å². The number of hydrogen-bond acceptors (Lipinski definition) is 4. The summed E-state index contributed by atoms with van der Waals surface area (Å²) in [7, 11) is 0. The normalized spacial score (nSPS) is 13.9. The molecule has 0 spiro atoms. The zero-order valence-corrected chi connectivity index (χ0v) is 18.8. The molecule has 0 bridgehead atoms. The van der Waals surface area contributed by atoms with Gasteiger partial charge in [-0.1, -0.05) is 75.5 Å². The number of rotatable bonds is 13. The maximum Gasteiger partial charge on any atom is 0.303 e. The molecule has 170 valence electrons. The van der Waals surface area contributed by atoms with Crippen LogP contribution in [0.3, 0.4) is 0 Å². The highest BCUT2D eigenvalue weighted by molar-refractivity contribution is 5.66. The van der Waals surface area contributed by atoms with E-state index >= 15 is 0 Å². The van der Waals surface area contributed by atoms with Crippen molar-refractivity contribution in [2.24, 2.45) is 0 Å². The molecule has 0 aromatic carbocycles. The Morgan fingerprint density at radius 3 is 1.83 bits per heavy atom. The minimum Gasteiger partial charge on any atom is -0.481 e. The molecule has 0 radical (unpaired) electrons. The van der Waals surface area contributed by atoms with E-state index in [9.17, 15) is 4.79 Å². The van der Waals surface area contributed by atoms with E-state index in [1.807, 2.05) is 0 Å². The van der Waals surface area contributed by atoms with E-state index in [4.69, 9.17) is 14.9 Å². The lowest BCUT2D eigenvalue weighted by Gasteiger charge is -2.10. The SMILES string of the molecule is C1COCCN1.CCCCC=CC=CC=CCCCCCCCC(=O)O.CCO. The van der Waals surface area contributed by atoms with E-state index in [2.05, 4.69) is 48.7 Å². The molecule has 29 heavy (non-hydrogen) atoms. The van der Waals surface area contributed by atoms with Crippen molar-refractivity contribution in [2.75, 3.05) is 32.9 Å². The molecule has 1 fully saturated rings. The van der Waals surface area contributed by atoms with Crippen molar-refractivity contribution < 1.29 is 19.7 Å². The molecule has 0 atom stereocenters. The van der Waals surface area contributed by atoms with Crippen molar-refractivity contribution in [2.45, 2.75) is 78.1 Å². The van der Waals surface area contributed by atoms with Crippen LogP contribution in [-0.4, -0.2) is 49.1 Å². The number of aliphatic hydroxyl groups excluding tert-OH is 1. The minimum absolute atomic E-state index is 0.250. The predicted octanol–water partition coefficient (Wildman–Crippen LogP) is 5.27. The number of aliphatic carboxylic acids is 1. The fraction of sp³-hybridized carbons (Fsp3) is 0.708. The topological polar surface area (TPSA) is 78.8 Å². The van der Waals surface area contributed by atoms with Crippen LogP contribution in [0.2, 0.25) is 0 Å². The number of hydrogen-bond donors (Lipinski definition) is 3. The van der Waals surface area contributed by atoms with Crippen molar-refractivity contribution >= 4 is 5.97 Å². The zero-order valence-electron chi connectivity index (χ0n) is 18.8. The van der Waals surface area contributed by atoms with Crippen LogP contribution in [0.1, 0.15) is 78.1 Å². The van der Waals surface area contributed by atoms with Gasteiger partial charge in [-0.2, -0.15) is 0 Å². The monoisotopic (exact) mass is 411 g/mol. The maximum atomic E-state index is 10.3. The van der Waals surface area contributed by atoms with E-state index in [0.717, 1.165) is 52.0 Å². The molecule has 1 aliphatic heterocycles. The lowest BCUT2D eigenvalue weighted by Crippen LogP contribution is -2.30. The first kappa shape index (κ1) is 29.8. The van der Waals surface area contributed by atoms with Crippen LogP contribution >= 0.6 is 0 Å². The van der Waals surface area contributed by atoms with Crippen LogP contribution in [0.4, 0.5) is 0 Å². The number of carboxylic acid groups (broad SMARTS) is 1. The summed E-state index contributed by atoms with van der Waals surface area (Å²) in [6.45, 7) is 7.97. The van der Waals surface area contributed by atoms with Gasteiger partial charge in [-0.15, -0.1) is 0 Å². The summed E-state index contributed by atoms with van der Waals surface area (Å²) in [6, 6.07) is 0. The van der Waals surface area contributed by atoms with Crippen molar-refractivity contribution in [3.63, 3.8) is 0 Å². The molecule has 1 saturated heterocycles. The van der Waals surface area contributed by atoms with Gasteiger partial charge in [0, 0.05) is 26.1 Å². The third-order valence-electron chi connectivity index (χ3n) is 3.94. The number of unbranched alkanes of at least 4 members (excludes halogenated alkanes) is 7. The summed E-state index contributed by atoms with van der Waals surface area (Å²) < 4.78 is 5.01. The Hall–Kier alpha value is -1.43. The van der Waals surface area contributed by atoms with Crippen LogP contribution in [0.15, 0.2) is 36.5 Å². The Labute approximate surface area is 178 Å². The number of ether oxygens (including phenoxy) is 1. The lowest BCUT2D eigenvalue weighted by molar-refractivity contribution is -0.137. The first-order valence-electron chi connectivity index (χ1n) is 11.3. The van der Waals surface area contributed by atoms with Crippen molar-refractivity contribution in [1.29, 1.82) is 0 Å². The lowest BCUT2D eigenvalue weighted by atomic mass is 10.1. The molecule has 0 unspecified atom stereocenters. The quantitative estimate of drug-likeness (QED) is 0.284. The second-order valence-electron chi connectivity index (χ2n) is 6.76. The Bertz CT molecular complexity index is 390. The van der Waals surface area contributed by atoms with E-state index in [0.29, 0.717) is 6.42 Å². The number of nitrogens with one attached hydrogen (secondary N) is 1. The number of allylic oxidation sites excluding steroid dienone is 6. The molecule has 0 aromatic rings. The van der Waals surface area contributed by atoms with Gasteiger partial charge >= 0.3 is 5.97 Å². The van der Waals surface area contributed by atoms with E-state index in [1.165, 1.54) is 32.1 Å². The highest BCUT2D eigenvalue weighted by Crippen LogP contribution is 2.07. The second kappa shape index (κ2) is 28.8. The average molecular weight is 412 g/mol. The number of carboxylic acids is 1. The molecule has 0 aromatic heterocycles. The van der Waals surface area contributed by atoms with Crippen LogP contribution in [0.5, 0.6) is 0 Å². The summed E-state index contributed by atoms with van der Waals surface area (Å²) in [4.78, 5) is 10.3. The Morgan fingerprint density at radius 1 is 0.862 bits per heavy atom. The highest BCUT2D eigenvalue weighted by atomic mass is 16.5. The third kappa shape index (κ3) is 34.5. The van der Waals surface area contributed by atoms with Gasteiger partial charge in [-0.25, -0.2) is 0 Å². The largest absolute Gasteiger partial charge is 0.481 e. The number of morpholine rings is 1. The van der Waals surface area contributed by atoms with Gasteiger partial charge in [0.2, 0.25) is 0 Å². The second-order valence-corrected chi connectivity index (χ2v) is 6.76. The summed E-state index contributed by atoms with van der Waals surface area (Å²) >= 11 is 0. The molecule has 1 heterocycles. The molecule has 1 rings (SSSR count). The number of carbonyl (C=O) groups is 1. The smallest absolute Gasteiger partial charge is 0.303 e. The Balaban J connectivity index is 0. The molecule has 0 amide bonds. The van der Waals surface area contributed by atoms with Crippen LogP contribution in [0, 0.1) is 0 Å². The molecule has 0 aliphatic carbocycles. The molecule has 1 aliphatic rings. The average Bonchev–Trinajstić information content (AvgIpc) is 2.73. The summed E-state index contributed by atoms with van der Waals surface area (Å²) in [6.07, 6.45) is 23.3. The minimum atomic E-state index is -0.677. The molecule has 0 saturated carbocycles. The van der Waals surface area contributed by atoms with Crippen LogP contribution in [0.25, 0.3) is 0 Å². The first-order valence-corrected chi connectivity index (χ1v) is 11.3. The van der Waals surface area contributed by atoms with Gasteiger partial charge in [0.15, 0.2) is 0 Å². The fourth-order valence-electron chi connectivity index (χ4n) is 2.38. The first-order chi connectivity index (χ1) is 14.2. The van der Waals surface area contributed by atoms with Gasteiger partial charge < -0.3 is 20.3 Å². The van der Waals surface area contributed by atoms with Crippen LogP contribution in [-0.2, 0) is 9.53 Å². The van der Waals surface area contributed by atoms with Gasteiger partial charge in [0.05, 0.1) is 13.2 Å². The van der Waals surface area contributed by atoms with Crippen LogP contribution < -0.4 is 5.32 Å². The fourth-order valence-corrected chi connectivity index (χ4v) is 2.38. The Kier molecular flexibility index (Phi) is 29.5. The van der Waals surface area contributed by atoms with Gasteiger partial charge in [-0.05, 0) is 32.6 Å². The molecular weight excluding hydrogens is 366 g/mol. The van der Waals surface area contributed by atoms with Gasteiger partial charge in [0.1, 0.15) is 0 Å². The zero-order chi connectivity index (χ0) is 21.8. The maximum absolute atomic E-state index is 10.3.